The first-order valence-electron chi connectivity index (χ1n) is 8.37. The number of carbonyl (C=O) groups is 3. The summed E-state index contributed by atoms with van der Waals surface area (Å²) in [5.41, 5.74) is 0.853. The van der Waals surface area contributed by atoms with Gasteiger partial charge in [-0.05, 0) is 36.4 Å². The van der Waals surface area contributed by atoms with Gasteiger partial charge in [-0.25, -0.2) is 0 Å². The zero-order chi connectivity index (χ0) is 21.4. The van der Waals surface area contributed by atoms with Crippen molar-refractivity contribution in [3.05, 3.63) is 53.6 Å². The van der Waals surface area contributed by atoms with Crippen molar-refractivity contribution < 1.29 is 32.6 Å². The summed E-state index contributed by atoms with van der Waals surface area (Å²) in [7, 11) is 2.74. The normalized spacial score (nSPS) is 10.2. The molecule has 2 aromatic carbocycles. The molecule has 2 aromatic rings. The monoisotopic (exact) mass is 407 g/mol. The first kappa shape index (κ1) is 21.6. The molecule has 0 atom stereocenters. The van der Waals surface area contributed by atoms with Gasteiger partial charge in [0.2, 0.25) is 5.91 Å². The highest BCUT2D eigenvalue weighted by molar-refractivity contribution is 6.00. The van der Waals surface area contributed by atoms with Gasteiger partial charge in [-0.3, -0.25) is 14.4 Å². The maximum atomic E-state index is 12.4. The van der Waals surface area contributed by atoms with E-state index >= 15 is 0 Å². The molecule has 0 heterocycles. The van der Waals surface area contributed by atoms with Crippen LogP contribution >= 0.6 is 0 Å². The molecule has 8 nitrogen and oxygen atoms in total. The van der Waals surface area contributed by atoms with Gasteiger partial charge >= 0.3 is 6.61 Å². The molecule has 154 valence electrons. The fourth-order valence-electron chi connectivity index (χ4n) is 2.35. The second-order valence-corrected chi connectivity index (χ2v) is 5.63. The molecule has 29 heavy (non-hydrogen) atoms. The molecule has 0 unspecified atom stereocenters. The van der Waals surface area contributed by atoms with E-state index < -0.39 is 18.4 Å². The molecule has 3 amide bonds. The lowest BCUT2D eigenvalue weighted by Crippen LogP contribution is -2.32. The molecule has 0 radical (unpaired) electrons. The molecule has 0 saturated heterocycles. The highest BCUT2D eigenvalue weighted by Crippen LogP contribution is 2.29. The van der Waals surface area contributed by atoms with Gasteiger partial charge < -0.3 is 25.4 Å². The largest absolute Gasteiger partial charge is 0.493 e. The number of alkyl halides is 2. The predicted octanol–water partition coefficient (Wildman–Crippen LogP) is 2.02. The van der Waals surface area contributed by atoms with Crippen molar-refractivity contribution >= 4 is 23.4 Å². The van der Waals surface area contributed by atoms with Gasteiger partial charge in [0.05, 0.1) is 13.7 Å². The van der Waals surface area contributed by atoms with E-state index in [2.05, 4.69) is 20.7 Å². The number of ether oxygens (including phenoxy) is 2. The molecule has 0 bridgehead atoms. The van der Waals surface area contributed by atoms with Crippen molar-refractivity contribution in [2.75, 3.05) is 26.0 Å². The predicted molar refractivity (Wildman–Crippen MR) is 100 cm³/mol. The Bertz CT molecular complexity index is 905. The van der Waals surface area contributed by atoms with E-state index in [1.165, 1.54) is 38.4 Å². The van der Waals surface area contributed by atoms with E-state index in [4.69, 9.17) is 4.74 Å². The SMILES string of the molecule is CNC(=O)c1cccc(NC(=O)CNC(=O)c2ccc(OC(F)F)c(OC)c2)c1. The van der Waals surface area contributed by atoms with Crippen molar-refractivity contribution in [2.45, 2.75) is 6.61 Å². The van der Waals surface area contributed by atoms with Crippen LogP contribution in [0.15, 0.2) is 42.5 Å². The third-order valence-corrected chi connectivity index (χ3v) is 3.69. The lowest BCUT2D eigenvalue weighted by atomic mass is 10.2. The van der Waals surface area contributed by atoms with Crippen molar-refractivity contribution in [1.29, 1.82) is 0 Å². The molecule has 0 saturated carbocycles. The highest BCUT2D eigenvalue weighted by atomic mass is 19.3. The van der Waals surface area contributed by atoms with E-state index in [1.807, 2.05) is 0 Å². The standard InChI is InChI=1S/C19H19F2N3O5/c1-22-17(26)11-4-3-5-13(8-11)24-16(25)10-23-18(27)12-6-7-14(29-19(20)21)15(9-12)28-2/h3-9,19H,10H2,1-2H3,(H,22,26)(H,23,27)(H,24,25). The third-order valence-electron chi connectivity index (χ3n) is 3.69. The number of hydrogen-bond acceptors (Lipinski definition) is 5. The average Bonchev–Trinajstić information content (AvgIpc) is 2.71. The molecule has 2 rings (SSSR count). The number of nitrogens with one attached hydrogen (secondary N) is 3. The molecule has 10 heteroatoms. The maximum absolute atomic E-state index is 12.4. The van der Waals surface area contributed by atoms with E-state index in [9.17, 15) is 23.2 Å². The van der Waals surface area contributed by atoms with Gasteiger partial charge in [0, 0.05) is 23.9 Å². The molecular formula is C19H19F2N3O5. The second kappa shape index (κ2) is 10.0. The quantitative estimate of drug-likeness (QED) is 0.621. The van der Waals surface area contributed by atoms with Gasteiger partial charge in [-0.2, -0.15) is 8.78 Å². The van der Waals surface area contributed by atoms with Crippen LogP contribution in [0.4, 0.5) is 14.5 Å². The second-order valence-electron chi connectivity index (χ2n) is 5.63. The summed E-state index contributed by atoms with van der Waals surface area (Å²) in [6, 6.07) is 9.94. The molecule has 0 fully saturated rings. The minimum atomic E-state index is -3.03. The summed E-state index contributed by atoms with van der Waals surface area (Å²) >= 11 is 0. The number of rotatable bonds is 8. The van der Waals surface area contributed by atoms with Gasteiger partial charge in [0.1, 0.15) is 0 Å². The van der Waals surface area contributed by atoms with Crippen LogP contribution in [0.1, 0.15) is 20.7 Å². The number of halogens is 2. The summed E-state index contributed by atoms with van der Waals surface area (Å²) in [5, 5.41) is 7.44. The lowest BCUT2D eigenvalue weighted by molar-refractivity contribution is -0.115. The van der Waals surface area contributed by atoms with Crippen LogP contribution in [0.3, 0.4) is 0 Å². The number of carbonyl (C=O) groups excluding carboxylic acids is 3. The van der Waals surface area contributed by atoms with Crippen LogP contribution in [-0.2, 0) is 4.79 Å². The molecule has 0 aliphatic rings. The lowest BCUT2D eigenvalue weighted by Gasteiger charge is -2.12. The smallest absolute Gasteiger partial charge is 0.387 e. The number of methoxy groups -OCH3 is 1. The number of benzene rings is 2. The number of anilines is 1. The van der Waals surface area contributed by atoms with Gasteiger partial charge in [0.25, 0.3) is 11.8 Å². The van der Waals surface area contributed by atoms with Crippen LogP contribution in [0.5, 0.6) is 11.5 Å². The summed E-state index contributed by atoms with van der Waals surface area (Å²) in [4.78, 5) is 35.9. The molecule has 0 spiro atoms. The number of amides is 3. The maximum Gasteiger partial charge on any atom is 0.387 e. The Labute approximate surface area is 165 Å². The van der Waals surface area contributed by atoms with Gasteiger partial charge in [-0.15, -0.1) is 0 Å². The summed E-state index contributed by atoms with van der Waals surface area (Å²) in [6.45, 7) is -3.38. The Morgan fingerprint density at radius 2 is 1.72 bits per heavy atom. The van der Waals surface area contributed by atoms with Crippen LogP contribution in [0.25, 0.3) is 0 Å². The van der Waals surface area contributed by atoms with Gasteiger partial charge in [0.15, 0.2) is 11.5 Å². The fraction of sp³-hybridized carbons (Fsp3) is 0.211. The first-order valence-corrected chi connectivity index (χ1v) is 8.37. The van der Waals surface area contributed by atoms with Crippen molar-refractivity contribution in [1.82, 2.24) is 10.6 Å². The van der Waals surface area contributed by atoms with E-state index in [0.29, 0.717) is 11.3 Å². The van der Waals surface area contributed by atoms with Crippen molar-refractivity contribution in [2.24, 2.45) is 0 Å². The minimum absolute atomic E-state index is 0.0478. The molecule has 0 aliphatic heterocycles. The molecule has 3 N–H and O–H groups in total. The summed E-state index contributed by atoms with van der Waals surface area (Å²) in [6.07, 6.45) is 0. The third kappa shape index (κ3) is 6.16. The molecule has 0 aliphatic carbocycles. The van der Waals surface area contributed by atoms with E-state index in [1.54, 1.807) is 18.2 Å². The Morgan fingerprint density at radius 3 is 2.38 bits per heavy atom. The van der Waals surface area contributed by atoms with E-state index in [-0.39, 0.29) is 29.5 Å². The van der Waals surface area contributed by atoms with Crippen molar-refractivity contribution in [3.8, 4) is 11.5 Å². The summed E-state index contributed by atoms with van der Waals surface area (Å²) in [5.74, 6) is -1.69. The Morgan fingerprint density at radius 1 is 1.00 bits per heavy atom. The van der Waals surface area contributed by atoms with Gasteiger partial charge in [-0.1, -0.05) is 6.07 Å². The Kier molecular flexibility index (Phi) is 7.47. The van der Waals surface area contributed by atoms with E-state index in [0.717, 1.165) is 0 Å². The Balaban J connectivity index is 1.96. The van der Waals surface area contributed by atoms with Crippen LogP contribution in [0.2, 0.25) is 0 Å². The van der Waals surface area contributed by atoms with Crippen LogP contribution in [0, 0.1) is 0 Å². The van der Waals surface area contributed by atoms with Crippen LogP contribution in [-0.4, -0.2) is 45.0 Å². The highest BCUT2D eigenvalue weighted by Gasteiger charge is 2.15. The topological polar surface area (TPSA) is 106 Å². The minimum Gasteiger partial charge on any atom is -0.493 e. The molecular weight excluding hydrogens is 388 g/mol. The zero-order valence-corrected chi connectivity index (χ0v) is 15.6. The zero-order valence-electron chi connectivity index (χ0n) is 15.6. The van der Waals surface area contributed by atoms with Crippen LogP contribution < -0.4 is 25.4 Å². The average molecular weight is 407 g/mol. The first-order chi connectivity index (χ1) is 13.8. The molecule has 0 aromatic heterocycles. The summed E-state index contributed by atoms with van der Waals surface area (Å²) < 4.78 is 33.9. The fourth-order valence-corrected chi connectivity index (χ4v) is 2.35. The van der Waals surface area contributed by atoms with Crippen molar-refractivity contribution in [3.63, 3.8) is 0 Å². The number of hydrogen-bond donors (Lipinski definition) is 3. The Hall–Kier alpha value is -3.69.